The van der Waals surface area contributed by atoms with Gasteiger partial charge in [-0.3, -0.25) is 4.79 Å². The van der Waals surface area contributed by atoms with Crippen LogP contribution in [0.15, 0.2) is 22.7 Å². The maximum Gasteiger partial charge on any atom is 0.334 e. The molecule has 1 aliphatic rings. The van der Waals surface area contributed by atoms with Crippen molar-refractivity contribution in [2.75, 3.05) is 13.1 Å². The van der Waals surface area contributed by atoms with Crippen molar-refractivity contribution in [2.24, 2.45) is 0 Å². The summed E-state index contributed by atoms with van der Waals surface area (Å²) in [5.74, 6) is -1.76. The van der Waals surface area contributed by atoms with Gasteiger partial charge in [-0.2, -0.15) is 0 Å². The molecule has 0 aliphatic carbocycles. The molecule has 1 aromatic rings. The average molecular weight is 360 g/mol. The van der Waals surface area contributed by atoms with Crippen molar-refractivity contribution in [2.45, 2.75) is 25.6 Å². The van der Waals surface area contributed by atoms with E-state index in [1.54, 1.807) is 19.1 Å². The van der Waals surface area contributed by atoms with Crippen LogP contribution in [0.1, 0.15) is 12.5 Å². The number of halogens is 2. The number of carbonyl (C=O) groups excluding carboxylic acids is 1. The van der Waals surface area contributed by atoms with E-state index in [1.165, 1.54) is 11.0 Å². The maximum absolute atomic E-state index is 13.4. The Morgan fingerprint density at radius 3 is 2.81 bits per heavy atom. The zero-order valence-corrected chi connectivity index (χ0v) is 13.0. The third-order valence-electron chi connectivity index (χ3n) is 3.23. The molecule has 2 atom stereocenters. The summed E-state index contributed by atoms with van der Waals surface area (Å²) < 4.78 is 19.0. The minimum Gasteiger partial charge on any atom is -0.479 e. The number of hydrogen-bond acceptors (Lipinski definition) is 3. The van der Waals surface area contributed by atoms with E-state index in [9.17, 15) is 14.0 Å². The zero-order valence-electron chi connectivity index (χ0n) is 11.4. The highest BCUT2D eigenvalue weighted by Crippen LogP contribution is 2.18. The van der Waals surface area contributed by atoms with E-state index in [0.717, 1.165) is 0 Å². The lowest BCUT2D eigenvalue weighted by Gasteiger charge is -2.35. The second-order valence-corrected chi connectivity index (χ2v) is 5.85. The molecule has 1 saturated heterocycles. The van der Waals surface area contributed by atoms with Crippen LogP contribution in [0.5, 0.6) is 0 Å². The highest BCUT2D eigenvalue weighted by Gasteiger charge is 2.32. The van der Waals surface area contributed by atoms with Crippen LogP contribution in [-0.4, -0.2) is 47.2 Å². The number of carboxylic acid groups (broad SMARTS) is 1. The first-order valence-corrected chi connectivity index (χ1v) is 7.26. The first kappa shape index (κ1) is 15.9. The Hall–Kier alpha value is -1.47. The summed E-state index contributed by atoms with van der Waals surface area (Å²) in [6, 6.07) is 4.49. The van der Waals surface area contributed by atoms with Crippen LogP contribution in [0.25, 0.3) is 0 Å². The molecule has 21 heavy (non-hydrogen) atoms. The smallest absolute Gasteiger partial charge is 0.334 e. The molecular weight excluding hydrogens is 345 g/mol. The predicted octanol–water partition coefficient (Wildman–Crippen LogP) is 1.83. The van der Waals surface area contributed by atoms with Gasteiger partial charge in [0, 0.05) is 6.54 Å². The molecule has 7 heteroatoms. The molecule has 1 fully saturated rings. The number of carbonyl (C=O) groups is 2. The summed E-state index contributed by atoms with van der Waals surface area (Å²) in [5, 5.41) is 8.99. The van der Waals surface area contributed by atoms with E-state index < -0.39 is 17.9 Å². The van der Waals surface area contributed by atoms with Gasteiger partial charge in [0.05, 0.1) is 23.5 Å². The number of aliphatic carboxylic acids is 1. The van der Waals surface area contributed by atoms with E-state index in [4.69, 9.17) is 9.84 Å². The van der Waals surface area contributed by atoms with Crippen LogP contribution in [0.2, 0.25) is 0 Å². The molecule has 114 valence electrons. The predicted molar refractivity (Wildman–Crippen MR) is 76.4 cm³/mol. The Balaban J connectivity index is 2.05. The summed E-state index contributed by atoms with van der Waals surface area (Å²) in [6.45, 7) is 2.06. The molecule has 1 amide bonds. The van der Waals surface area contributed by atoms with Crippen molar-refractivity contribution in [1.82, 2.24) is 4.90 Å². The van der Waals surface area contributed by atoms with Crippen molar-refractivity contribution >= 4 is 27.8 Å². The third kappa shape index (κ3) is 4.01. The van der Waals surface area contributed by atoms with Crippen LogP contribution in [0.3, 0.4) is 0 Å². The summed E-state index contributed by atoms with van der Waals surface area (Å²) in [7, 11) is 0. The number of morpholine rings is 1. The molecule has 0 spiro atoms. The van der Waals surface area contributed by atoms with Gasteiger partial charge in [-0.15, -0.1) is 0 Å². The zero-order chi connectivity index (χ0) is 15.6. The molecule has 5 nitrogen and oxygen atoms in total. The summed E-state index contributed by atoms with van der Waals surface area (Å²) in [6.07, 6.45) is -1.33. The number of benzene rings is 1. The highest BCUT2D eigenvalue weighted by atomic mass is 79.9. The topological polar surface area (TPSA) is 66.8 Å². The highest BCUT2D eigenvalue weighted by molar-refractivity contribution is 9.10. The number of carboxylic acids is 1. The monoisotopic (exact) mass is 359 g/mol. The molecule has 1 aliphatic heterocycles. The summed E-state index contributed by atoms with van der Waals surface area (Å²) >= 11 is 3.05. The molecule has 0 bridgehead atoms. The normalized spacial score (nSPS) is 22.1. The van der Waals surface area contributed by atoms with Crippen LogP contribution >= 0.6 is 15.9 Å². The van der Waals surface area contributed by atoms with E-state index in [2.05, 4.69) is 15.9 Å². The molecule has 0 radical (unpaired) electrons. The molecule has 0 aromatic heterocycles. The van der Waals surface area contributed by atoms with E-state index >= 15 is 0 Å². The van der Waals surface area contributed by atoms with Crippen LogP contribution in [0, 0.1) is 5.82 Å². The number of ether oxygens (including phenoxy) is 1. The van der Waals surface area contributed by atoms with E-state index in [1.807, 2.05) is 0 Å². The second kappa shape index (κ2) is 6.53. The Kier molecular flexibility index (Phi) is 4.95. The van der Waals surface area contributed by atoms with Gasteiger partial charge in [-0.25, -0.2) is 9.18 Å². The number of nitrogens with zero attached hydrogens (tertiary/aromatic N) is 1. The van der Waals surface area contributed by atoms with Gasteiger partial charge in [0.15, 0.2) is 6.10 Å². The van der Waals surface area contributed by atoms with Crippen molar-refractivity contribution in [1.29, 1.82) is 0 Å². The standard InChI is InChI=1S/C14H15BrFNO4/c1-8-6-17(7-12(21-8)14(19)20)13(18)5-9-2-3-10(15)11(16)4-9/h2-4,8,12H,5-7H2,1H3,(H,19,20)/t8-,12?/m1/s1. The van der Waals surface area contributed by atoms with Crippen LogP contribution in [-0.2, 0) is 20.7 Å². The van der Waals surface area contributed by atoms with Gasteiger partial charge in [0.25, 0.3) is 0 Å². The van der Waals surface area contributed by atoms with Gasteiger partial charge in [0.1, 0.15) is 5.82 Å². The van der Waals surface area contributed by atoms with Gasteiger partial charge < -0.3 is 14.7 Å². The van der Waals surface area contributed by atoms with Gasteiger partial charge >= 0.3 is 5.97 Å². The Morgan fingerprint density at radius 1 is 1.48 bits per heavy atom. The average Bonchev–Trinajstić information content (AvgIpc) is 2.42. The lowest BCUT2D eigenvalue weighted by atomic mass is 10.1. The molecule has 1 unspecified atom stereocenters. The Labute approximate surface area is 129 Å². The molecule has 0 saturated carbocycles. The van der Waals surface area contributed by atoms with Crippen LogP contribution in [0.4, 0.5) is 4.39 Å². The SMILES string of the molecule is C[C@@H]1CN(C(=O)Cc2ccc(Br)c(F)c2)CC(C(=O)O)O1. The fourth-order valence-corrected chi connectivity index (χ4v) is 2.47. The van der Waals surface area contributed by atoms with Crippen molar-refractivity contribution in [3.8, 4) is 0 Å². The molecular formula is C14H15BrFNO4. The van der Waals surface area contributed by atoms with Crippen LogP contribution < -0.4 is 0 Å². The summed E-state index contributed by atoms with van der Waals surface area (Å²) in [4.78, 5) is 24.7. The molecule has 1 aromatic carbocycles. The van der Waals surface area contributed by atoms with Crippen molar-refractivity contribution in [3.63, 3.8) is 0 Å². The van der Waals surface area contributed by atoms with Crippen molar-refractivity contribution in [3.05, 3.63) is 34.1 Å². The second-order valence-electron chi connectivity index (χ2n) is 5.00. The number of hydrogen-bond donors (Lipinski definition) is 1. The van der Waals surface area contributed by atoms with Gasteiger partial charge in [0.2, 0.25) is 5.91 Å². The summed E-state index contributed by atoms with van der Waals surface area (Å²) in [5.41, 5.74) is 0.548. The lowest BCUT2D eigenvalue weighted by molar-refractivity contribution is -0.166. The molecule has 1 heterocycles. The minimum atomic E-state index is -1.09. The van der Waals surface area contributed by atoms with Crippen molar-refractivity contribution < 1.29 is 23.8 Å². The number of rotatable bonds is 3. The lowest BCUT2D eigenvalue weighted by Crippen LogP contribution is -2.52. The van der Waals surface area contributed by atoms with E-state index in [0.29, 0.717) is 16.6 Å². The molecule has 2 rings (SSSR count). The first-order chi connectivity index (χ1) is 9.86. The maximum atomic E-state index is 13.4. The third-order valence-corrected chi connectivity index (χ3v) is 3.87. The van der Waals surface area contributed by atoms with Gasteiger partial charge in [-0.1, -0.05) is 6.07 Å². The minimum absolute atomic E-state index is 0.0114. The largest absolute Gasteiger partial charge is 0.479 e. The first-order valence-electron chi connectivity index (χ1n) is 6.46. The van der Waals surface area contributed by atoms with Gasteiger partial charge in [-0.05, 0) is 40.5 Å². The molecule has 1 N–H and O–H groups in total. The number of amides is 1. The quantitative estimate of drug-likeness (QED) is 0.893. The fraction of sp³-hybridized carbons (Fsp3) is 0.429. The Morgan fingerprint density at radius 2 is 2.19 bits per heavy atom. The Bertz CT molecular complexity index is 566. The fourth-order valence-electron chi connectivity index (χ4n) is 2.23. The van der Waals surface area contributed by atoms with E-state index in [-0.39, 0.29) is 25.0 Å².